The standard InChI is InChI=1S/C7H10N4O/c1-4-2-9-7(12)6-5(8)3-10-11(4)6/h3-4H,2,8H2,1H3,(H,9,12). The molecule has 12 heavy (non-hydrogen) atoms. The number of hydrogen-bond donors (Lipinski definition) is 2. The van der Waals surface area contributed by atoms with Crippen molar-refractivity contribution in [3.05, 3.63) is 11.9 Å². The predicted octanol–water partition coefficient (Wildman–Crippen LogP) is -0.230. The normalized spacial score (nSPS) is 21.8. The zero-order chi connectivity index (χ0) is 8.72. The van der Waals surface area contributed by atoms with Crippen molar-refractivity contribution in [2.75, 3.05) is 12.3 Å². The molecule has 1 aromatic heterocycles. The summed E-state index contributed by atoms with van der Waals surface area (Å²) in [4.78, 5) is 11.3. The largest absolute Gasteiger partial charge is 0.396 e. The summed E-state index contributed by atoms with van der Waals surface area (Å²) in [6, 6.07) is 0.190. The minimum absolute atomic E-state index is 0.136. The van der Waals surface area contributed by atoms with Crippen molar-refractivity contribution in [3.8, 4) is 0 Å². The van der Waals surface area contributed by atoms with Gasteiger partial charge in [-0.25, -0.2) is 0 Å². The molecule has 2 rings (SSSR count). The Morgan fingerprint density at radius 1 is 1.83 bits per heavy atom. The second-order valence-electron chi connectivity index (χ2n) is 2.95. The molecule has 0 saturated carbocycles. The second kappa shape index (κ2) is 2.23. The van der Waals surface area contributed by atoms with Crippen molar-refractivity contribution in [1.29, 1.82) is 0 Å². The van der Waals surface area contributed by atoms with Crippen LogP contribution in [0.2, 0.25) is 0 Å². The summed E-state index contributed by atoms with van der Waals surface area (Å²) in [5, 5.41) is 6.75. The first kappa shape index (κ1) is 7.15. The van der Waals surface area contributed by atoms with Crippen LogP contribution in [0.4, 0.5) is 5.69 Å². The number of carbonyl (C=O) groups excluding carboxylic acids is 1. The molecule has 0 aromatic carbocycles. The summed E-state index contributed by atoms with van der Waals surface area (Å²) in [7, 11) is 0. The van der Waals surface area contributed by atoms with E-state index in [-0.39, 0.29) is 11.9 Å². The maximum atomic E-state index is 11.3. The van der Waals surface area contributed by atoms with Crippen LogP contribution in [-0.4, -0.2) is 22.2 Å². The van der Waals surface area contributed by atoms with Crippen LogP contribution >= 0.6 is 0 Å². The van der Waals surface area contributed by atoms with Crippen molar-refractivity contribution in [1.82, 2.24) is 15.1 Å². The van der Waals surface area contributed by atoms with Gasteiger partial charge in [0.2, 0.25) is 0 Å². The third-order valence-electron chi connectivity index (χ3n) is 2.01. The molecule has 1 aliphatic rings. The molecule has 0 aliphatic carbocycles. The highest BCUT2D eigenvalue weighted by atomic mass is 16.2. The lowest BCUT2D eigenvalue weighted by molar-refractivity contribution is 0.0914. The molecule has 5 heteroatoms. The van der Waals surface area contributed by atoms with Gasteiger partial charge in [-0.2, -0.15) is 5.10 Å². The van der Waals surface area contributed by atoms with E-state index in [9.17, 15) is 4.79 Å². The molecule has 1 aliphatic heterocycles. The fourth-order valence-corrected chi connectivity index (χ4v) is 1.36. The Bertz CT molecular complexity index is 330. The van der Waals surface area contributed by atoms with Crippen molar-refractivity contribution < 1.29 is 4.79 Å². The first-order chi connectivity index (χ1) is 5.70. The molecule has 2 heterocycles. The van der Waals surface area contributed by atoms with Crippen molar-refractivity contribution in [2.45, 2.75) is 13.0 Å². The van der Waals surface area contributed by atoms with E-state index in [0.29, 0.717) is 17.9 Å². The highest BCUT2D eigenvalue weighted by Crippen LogP contribution is 2.18. The quantitative estimate of drug-likeness (QED) is 0.559. The Balaban J connectivity index is 2.57. The highest BCUT2D eigenvalue weighted by molar-refractivity contribution is 5.97. The minimum atomic E-state index is -0.136. The number of nitrogen functional groups attached to an aromatic ring is 1. The van der Waals surface area contributed by atoms with Gasteiger partial charge in [0, 0.05) is 6.54 Å². The molecular weight excluding hydrogens is 156 g/mol. The van der Waals surface area contributed by atoms with Gasteiger partial charge >= 0.3 is 0 Å². The summed E-state index contributed by atoms with van der Waals surface area (Å²) in [6.07, 6.45) is 1.51. The van der Waals surface area contributed by atoms with Gasteiger partial charge in [-0.3, -0.25) is 9.48 Å². The molecule has 0 fully saturated rings. The fourth-order valence-electron chi connectivity index (χ4n) is 1.36. The smallest absolute Gasteiger partial charge is 0.271 e. The molecule has 0 spiro atoms. The third-order valence-corrected chi connectivity index (χ3v) is 2.01. The van der Waals surface area contributed by atoms with Crippen LogP contribution < -0.4 is 11.1 Å². The Hall–Kier alpha value is -1.52. The van der Waals surface area contributed by atoms with Crippen LogP contribution in [0.5, 0.6) is 0 Å². The lowest BCUT2D eigenvalue weighted by atomic mass is 10.2. The average molecular weight is 166 g/mol. The first-order valence-corrected chi connectivity index (χ1v) is 3.81. The lowest BCUT2D eigenvalue weighted by Gasteiger charge is -2.21. The first-order valence-electron chi connectivity index (χ1n) is 3.81. The Morgan fingerprint density at radius 3 is 3.25 bits per heavy atom. The minimum Gasteiger partial charge on any atom is -0.396 e. The van der Waals surface area contributed by atoms with Crippen LogP contribution in [0, 0.1) is 0 Å². The molecular formula is C7H10N4O. The van der Waals surface area contributed by atoms with Gasteiger partial charge < -0.3 is 11.1 Å². The Labute approximate surface area is 69.5 Å². The maximum Gasteiger partial charge on any atom is 0.271 e. The van der Waals surface area contributed by atoms with Gasteiger partial charge in [0.1, 0.15) is 5.69 Å². The molecule has 1 atom stereocenters. The van der Waals surface area contributed by atoms with Crippen molar-refractivity contribution >= 4 is 11.6 Å². The number of carbonyl (C=O) groups is 1. The molecule has 0 saturated heterocycles. The lowest BCUT2D eigenvalue weighted by Crippen LogP contribution is -2.38. The maximum absolute atomic E-state index is 11.3. The topological polar surface area (TPSA) is 72.9 Å². The summed E-state index contributed by atoms with van der Waals surface area (Å²) in [6.45, 7) is 2.60. The van der Waals surface area contributed by atoms with E-state index in [1.165, 1.54) is 6.20 Å². The van der Waals surface area contributed by atoms with Crippen LogP contribution in [0.1, 0.15) is 23.5 Å². The number of nitrogens with two attached hydrogens (primary N) is 1. The molecule has 1 amide bonds. The van der Waals surface area contributed by atoms with Crippen LogP contribution in [0.25, 0.3) is 0 Å². The number of fused-ring (bicyclic) bond motifs is 1. The van der Waals surface area contributed by atoms with Gasteiger partial charge in [0.25, 0.3) is 5.91 Å². The second-order valence-corrected chi connectivity index (χ2v) is 2.95. The number of nitrogens with zero attached hydrogens (tertiary/aromatic N) is 2. The number of rotatable bonds is 0. The van der Waals surface area contributed by atoms with Crippen LogP contribution in [-0.2, 0) is 0 Å². The monoisotopic (exact) mass is 166 g/mol. The molecule has 0 radical (unpaired) electrons. The zero-order valence-electron chi connectivity index (χ0n) is 6.74. The molecule has 1 aromatic rings. The van der Waals surface area contributed by atoms with E-state index in [0.717, 1.165) is 0 Å². The van der Waals surface area contributed by atoms with Crippen molar-refractivity contribution in [2.24, 2.45) is 0 Å². The van der Waals surface area contributed by atoms with Crippen LogP contribution in [0.3, 0.4) is 0 Å². The van der Waals surface area contributed by atoms with Gasteiger partial charge in [-0.1, -0.05) is 0 Å². The van der Waals surface area contributed by atoms with Gasteiger partial charge in [-0.05, 0) is 6.92 Å². The van der Waals surface area contributed by atoms with Gasteiger partial charge in [0.05, 0.1) is 17.9 Å². The SMILES string of the molecule is CC1CNC(=O)c2c(N)cnn21. The number of nitrogens with one attached hydrogen (secondary N) is 1. The predicted molar refractivity (Wildman–Crippen MR) is 43.7 cm³/mol. The van der Waals surface area contributed by atoms with E-state index in [2.05, 4.69) is 10.4 Å². The molecule has 5 nitrogen and oxygen atoms in total. The van der Waals surface area contributed by atoms with E-state index < -0.39 is 0 Å². The molecule has 1 unspecified atom stereocenters. The van der Waals surface area contributed by atoms with Gasteiger partial charge in [0.15, 0.2) is 0 Å². The number of anilines is 1. The van der Waals surface area contributed by atoms with Gasteiger partial charge in [-0.15, -0.1) is 0 Å². The average Bonchev–Trinajstić information content (AvgIpc) is 2.42. The summed E-state index contributed by atoms with van der Waals surface area (Å²) in [5.41, 5.74) is 6.49. The Kier molecular flexibility index (Phi) is 1.33. The number of amides is 1. The van der Waals surface area contributed by atoms with E-state index in [4.69, 9.17) is 5.73 Å². The third kappa shape index (κ3) is 0.792. The van der Waals surface area contributed by atoms with E-state index >= 15 is 0 Å². The zero-order valence-corrected chi connectivity index (χ0v) is 6.74. The summed E-state index contributed by atoms with van der Waals surface area (Å²) >= 11 is 0. The van der Waals surface area contributed by atoms with Crippen molar-refractivity contribution in [3.63, 3.8) is 0 Å². The molecule has 0 bridgehead atoms. The Morgan fingerprint density at radius 2 is 2.58 bits per heavy atom. The van der Waals surface area contributed by atoms with E-state index in [1.54, 1.807) is 4.68 Å². The molecule has 64 valence electrons. The number of aromatic nitrogens is 2. The number of hydrogen-bond acceptors (Lipinski definition) is 3. The molecule has 3 N–H and O–H groups in total. The fraction of sp³-hybridized carbons (Fsp3) is 0.429. The highest BCUT2D eigenvalue weighted by Gasteiger charge is 2.24. The summed E-state index contributed by atoms with van der Waals surface area (Å²) in [5.74, 6) is -0.136. The van der Waals surface area contributed by atoms with E-state index in [1.807, 2.05) is 6.92 Å². The summed E-state index contributed by atoms with van der Waals surface area (Å²) < 4.78 is 1.66. The van der Waals surface area contributed by atoms with Crippen LogP contribution in [0.15, 0.2) is 6.20 Å².